The molecule has 0 heterocycles. The lowest BCUT2D eigenvalue weighted by atomic mass is 9.63. The maximum absolute atomic E-state index is 2.44. The minimum absolute atomic E-state index is 0.774. The van der Waals surface area contributed by atoms with Gasteiger partial charge in [0.15, 0.2) is 0 Å². The Morgan fingerprint density at radius 2 is 1.43 bits per heavy atom. The SMILES string of the molecule is CCC12CCCC1(CC(C)C)CCC2. The molecule has 0 unspecified atom stereocenters. The van der Waals surface area contributed by atoms with Gasteiger partial charge in [0.2, 0.25) is 0 Å². The second kappa shape index (κ2) is 3.54. The molecule has 0 aliphatic heterocycles. The Kier molecular flexibility index (Phi) is 2.66. The monoisotopic (exact) mass is 194 g/mol. The minimum Gasteiger partial charge on any atom is -0.0648 e. The van der Waals surface area contributed by atoms with Crippen LogP contribution >= 0.6 is 0 Å². The van der Waals surface area contributed by atoms with Gasteiger partial charge in [-0.05, 0) is 55.3 Å². The van der Waals surface area contributed by atoms with Crippen LogP contribution in [0.4, 0.5) is 0 Å². The van der Waals surface area contributed by atoms with Gasteiger partial charge >= 0.3 is 0 Å². The quantitative estimate of drug-likeness (QED) is 0.606. The van der Waals surface area contributed by atoms with Crippen LogP contribution in [0.25, 0.3) is 0 Å². The van der Waals surface area contributed by atoms with Crippen LogP contribution < -0.4 is 0 Å². The van der Waals surface area contributed by atoms with Gasteiger partial charge < -0.3 is 0 Å². The summed E-state index contributed by atoms with van der Waals surface area (Å²) in [5, 5.41) is 0. The van der Waals surface area contributed by atoms with Crippen LogP contribution in [0.5, 0.6) is 0 Å². The number of hydrogen-bond donors (Lipinski definition) is 0. The number of hydrogen-bond acceptors (Lipinski definition) is 0. The zero-order chi connectivity index (χ0) is 10.2. The maximum Gasteiger partial charge on any atom is -0.0239 e. The molecule has 2 aliphatic carbocycles. The lowest BCUT2D eigenvalue weighted by Gasteiger charge is -2.42. The highest BCUT2D eigenvalue weighted by molar-refractivity contribution is 5.06. The van der Waals surface area contributed by atoms with Gasteiger partial charge in [0.05, 0.1) is 0 Å². The molecule has 82 valence electrons. The Labute approximate surface area is 89.5 Å². The summed E-state index contributed by atoms with van der Waals surface area (Å²) in [5.74, 6) is 0.900. The summed E-state index contributed by atoms with van der Waals surface area (Å²) >= 11 is 0. The van der Waals surface area contributed by atoms with E-state index in [0.717, 1.165) is 16.7 Å². The molecule has 0 aromatic heterocycles. The first-order chi connectivity index (χ1) is 6.64. The molecule has 0 aromatic rings. The van der Waals surface area contributed by atoms with E-state index in [1.807, 2.05) is 0 Å². The van der Waals surface area contributed by atoms with Crippen LogP contribution in [0.15, 0.2) is 0 Å². The average Bonchev–Trinajstić information content (AvgIpc) is 2.57. The van der Waals surface area contributed by atoms with Crippen molar-refractivity contribution in [3.8, 4) is 0 Å². The zero-order valence-electron chi connectivity index (χ0n) is 10.2. The Hall–Kier alpha value is 0. The molecule has 0 aromatic carbocycles. The van der Waals surface area contributed by atoms with Crippen molar-refractivity contribution < 1.29 is 0 Å². The summed E-state index contributed by atoms with van der Waals surface area (Å²) < 4.78 is 0. The molecule has 0 heteroatoms. The molecular formula is C14H26. The summed E-state index contributed by atoms with van der Waals surface area (Å²) in [5.41, 5.74) is 1.55. The van der Waals surface area contributed by atoms with E-state index in [4.69, 9.17) is 0 Å². The van der Waals surface area contributed by atoms with Crippen molar-refractivity contribution in [2.75, 3.05) is 0 Å². The van der Waals surface area contributed by atoms with Crippen LogP contribution in [0.1, 0.15) is 72.1 Å². The van der Waals surface area contributed by atoms with E-state index in [9.17, 15) is 0 Å². The fourth-order valence-electron chi connectivity index (χ4n) is 4.77. The Morgan fingerprint density at radius 3 is 1.86 bits per heavy atom. The highest BCUT2D eigenvalue weighted by Gasteiger charge is 2.55. The van der Waals surface area contributed by atoms with Crippen molar-refractivity contribution in [2.45, 2.75) is 72.1 Å². The topological polar surface area (TPSA) is 0 Å². The first-order valence-corrected chi connectivity index (χ1v) is 6.64. The predicted octanol–water partition coefficient (Wildman–Crippen LogP) is 4.78. The van der Waals surface area contributed by atoms with Crippen molar-refractivity contribution >= 4 is 0 Å². The Balaban J connectivity index is 2.21. The lowest BCUT2D eigenvalue weighted by Crippen LogP contribution is -2.33. The smallest absolute Gasteiger partial charge is 0.0239 e. The van der Waals surface area contributed by atoms with E-state index >= 15 is 0 Å². The summed E-state index contributed by atoms with van der Waals surface area (Å²) in [6.45, 7) is 7.25. The number of fused-ring (bicyclic) bond motifs is 1. The van der Waals surface area contributed by atoms with Gasteiger partial charge in [-0.25, -0.2) is 0 Å². The normalized spacial score (nSPS) is 42.0. The first kappa shape index (κ1) is 10.5. The molecule has 0 bridgehead atoms. The molecule has 2 aliphatic rings. The third kappa shape index (κ3) is 1.33. The average molecular weight is 194 g/mol. The van der Waals surface area contributed by atoms with E-state index in [0.29, 0.717) is 0 Å². The summed E-state index contributed by atoms with van der Waals surface area (Å²) in [4.78, 5) is 0. The van der Waals surface area contributed by atoms with E-state index in [-0.39, 0.29) is 0 Å². The summed E-state index contributed by atoms with van der Waals surface area (Å²) in [6.07, 6.45) is 12.1. The molecule has 0 atom stereocenters. The maximum atomic E-state index is 2.44. The molecule has 0 N–H and O–H groups in total. The van der Waals surface area contributed by atoms with Crippen LogP contribution in [0.3, 0.4) is 0 Å². The van der Waals surface area contributed by atoms with Gasteiger partial charge in [-0.1, -0.05) is 33.6 Å². The van der Waals surface area contributed by atoms with Gasteiger partial charge in [-0.2, -0.15) is 0 Å². The molecule has 2 fully saturated rings. The highest BCUT2D eigenvalue weighted by atomic mass is 14.6. The van der Waals surface area contributed by atoms with E-state index in [2.05, 4.69) is 20.8 Å². The standard InChI is InChI=1S/C14H26/c1-4-13-7-5-9-14(13,10-6-8-13)11-12(2)3/h12H,4-11H2,1-3H3. The fraction of sp³-hybridized carbons (Fsp3) is 1.00. The molecule has 2 rings (SSSR count). The predicted molar refractivity (Wildman–Crippen MR) is 62.3 cm³/mol. The van der Waals surface area contributed by atoms with Crippen LogP contribution in [0.2, 0.25) is 0 Å². The van der Waals surface area contributed by atoms with Gasteiger partial charge in [-0.15, -0.1) is 0 Å². The van der Waals surface area contributed by atoms with Gasteiger partial charge in [-0.3, -0.25) is 0 Å². The zero-order valence-corrected chi connectivity index (χ0v) is 10.2. The van der Waals surface area contributed by atoms with Crippen LogP contribution in [-0.4, -0.2) is 0 Å². The molecule has 0 amide bonds. The van der Waals surface area contributed by atoms with Gasteiger partial charge in [0, 0.05) is 0 Å². The van der Waals surface area contributed by atoms with Gasteiger partial charge in [0.25, 0.3) is 0 Å². The van der Waals surface area contributed by atoms with E-state index in [1.54, 1.807) is 12.8 Å². The van der Waals surface area contributed by atoms with Crippen molar-refractivity contribution in [3.05, 3.63) is 0 Å². The van der Waals surface area contributed by atoms with Gasteiger partial charge in [0.1, 0.15) is 0 Å². The highest BCUT2D eigenvalue weighted by Crippen LogP contribution is 2.66. The first-order valence-electron chi connectivity index (χ1n) is 6.64. The molecule has 0 saturated heterocycles. The number of rotatable bonds is 3. The van der Waals surface area contributed by atoms with E-state index < -0.39 is 0 Å². The van der Waals surface area contributed by atoms with Crippen molar-refractivity contribution in [3.63, 3.8) is 0 Å². The molecular weight excluding hydrogens is 168 g/mol. The third-order valence-electron chi connectivity index (χ3n) is 5.22. The molecule has 2 saturated carbocycles. The summed E-state index contributed by atoms with van der Waals surface area (Å²) in [7, 11) is 0. The van der Waals surface area contributed by atoms with E-state index in [1.165, 1.54) is 38.5 Å². The minimum atomic E-state index is 0.774. The molecule has 0 radical (unpaired) electrons. The second-order valence-corrected chi connectivity index (χ2v) is 6.22. The van der Waals surface area contributed by atoms with Crippen LogP contribution in [0, 0.1) is 16.7 Å². The Morgan fingerprint density at radius 1 is 0.929 bits per heavy atom. The van der Waals surface area contributed by atoms with Crippen LogP contribution in [-0.2, 0) is 0 Å². The second-order valence-electron chi connectivity index (χ2n) is 6.22. The fourth-order valence-corrected chi connectivity index (χ4v) is 4.77. The molecule has 0 nitrogen and oxygen atoms in total. The van der Waals surface area contributed by atoms with Crippen molar-refractivity contribution in [1.29, 1.82) is 0 Å². The van der Waals surface area contributed by atoms with Crippen molar-refractivity contribution in [1.82, 2.24) is 0 Å². The molecule has 14 heavy (non-hydrogen) atoms. The van der Waals surface area contributed by atoms with Crippen molar-refractivity contribution in [2.24, 2.45) is 16.7 Å². The lowest BCUT2D eigenvalue weighted by molar-refractivity contribution is 0.0787. The largest absolute Gasteiger partial charge is 0.0648 e. The molecule has 0 spiro atoms. The third-order valence-corrected chi connectivity index (χ3v) is 5.22. The summed E-state index contributed by atoms with van der Waals surface area (Å²) in [6, 6.07) is 0. The Bertz CT molecular complexity index is 192.